The van der Waals surface area contributed by atoms with Crippen LogP contribution in [-0.2, 0) is 31.3 Å². The molecule has 200 valence electrons. The minimum Gasteiger partial charge on any atom is -0.504 e. The number of rotatable bonds is 8. The van der Waals surface area contributed by atoms with Crippen molar-refractivity contribution in [1.29, 1.82) is 0 Å². The summed E-state index contributed by atoms with van der Waals surface area (Å²) in [5.41, 5.74) is 4.26. The number of nitrogens with one attached hydrogen (secondary N) is 1. The molecular formula is C19H17N7O10S2. The molecular weight excluding hydrogens is 550 g/mol. The first kappa shape index (κ1) is 26.4. The number of fused-ring (bicyclic) bond motifs is 1. The van der Waals surface area contributed by atoms with Gasteiger partial charge in [-0.05, 0) is 6.92 Å². The van der Waals surface area contributed by atoms with Crippen molar-refractivity contribution in [3.63, 3.8) is 0 Å². The van der Waals surface area contributed by atoms with E-state index in [1.54, 1.807) is 0 Å². The van der Waals surface area contributed by atoms with Crippen LogP contribution in [0.2, 0.25) is 0 Å². The van der Waals surface area contributed by atoms with Gasteiger partial charge in [0.25, 0.3) is 11.8 Å². The van der Waals surface area contributed by atoms with E-state index in [4.69, 9.17) is 15.1 Å². The smallest absolute Gasteiger partial charge is 0.362 e. The van der Waals surface area contributed by atoms with Gasteiger partial charge >= 0.3 is 16.3 Å². The molecule has 1 saturated heterocycles. The zero-order valence-corrected chi connectivity index (χ0v) is 20.6. The summed E-state index contributed by atoms with van der Waals surface area (Å²) < 4.78 is 31.9. The number of carbonyl (C=O) groups is 3. The van der Waals surface area contributed by atoms with Crippen LogP contribution in [-0.4, -0.2) is 83.1 Å². The quantitative estimate of drug-likeness (QED) is 0.0641. The number of nitrogens with two attached hydrogens (primary N) is 1. The Bertz CT molecular complexity index is 1620. The molecule has 3 aromatic rings. The summed E-state index contributed by atoms with van der Waals surface area (Å²) in [5, 5.41) is 36.2. The molecule has 7 N–H and O–H groups in total. The van der Waals surface area contributed by atoms with Crippen LogP contribution in [0.15, 0.2) is 22.7 Å². The maximum Gasteiger partial charge on any atom is 0.362 e. The Kier molecular flexibility index (Phi) is 6.74. The second kappa shape index (κ2) is 9.68. The largest absolute Gasteiger partial charge is 0.504 e. The number of anilines is 1. The monoisotopic (exact) mass is 567 g/mol. The van der Waals surface area contributed by atoms with Gasteiger partial charge in [-0.1, -0.05) is 5.16 Å². The van der Waals surface area contributed by atoms with E-state index in [1.807, 2.05) is 0 Å². The maximum atomic E-state index is 12.9. The molecule has 0 unspecified atom stereocenters. The van der Waals surface area contributed by atoms with Crippen LogP contribution < -0.4 is 11.1 Å². The molecule has 4 rings (SSSR count). The Balaban J connectivity index is 1.60. The fourth-order valence-corrected chi connectivity index (χ4v) is 4.89. The molecule has 0 bridgehead atoms. The number of phenols is 2. The van der Waals surface area contributed by atoms with Crippen molar-refractivity contribution in [3.8, 4) is 11.5 Å². The van der Waals surface area contributed by atoms with E-state index in [2.05, 4.69) is 25.4 Å². The van der Waals surface area contributed by atoms with Gasteiger partial charge in [0.05, 0.1) is 17.1 Å². The van der Waals surface area contributed by atoms with Crippen molar-refractivity contribution in [2.24, 2.45) is 5.16 Å². The fraction of sp³-hybridized carbons (Fsp3) is 0.211. The summed E-state index contributed by atoms with van der Waals surface area (Å²) in [6.45, 7) is 0.648. The van der Waals surface area contributed by atoms with Gasteiger partial charge in [0.15, 0.2) is 34.6 Å². The molecule has 0 spiro atoms. The number of hydrogen-bond acceptors (Lipinski definition) is 14. The summed E-state index contributed by atoms with van der Waals surface area (Å²) in [6, 6.07) is -0.348. The number of aromatic carboxylic acids is 1. The van der Waals surface area contributed by atoms with Crippen molar-refractivity contribution in [3.05, 3.63) is 34.6 Å². The Labute approximate surface area is 216 Å². The highest BCUT2D eigenvalue weighted by Gasteiger charge is 2.51. The zero-order valence-electron chi connectivity index (χ0n) is 19.0. The molecule has 0 radical (unpaired) electrons. The molecule has 0 aliphatic carbocycles. The van der Waals surface area contributed by atoms with Crippen LogP contribution in [0.3, 0.4) is 0 Å². The number of aromatic nitrogens is 3. The summed E-state index contributed by atoms with van der Waals surface area (Å²) in [6.07, 6.45) is 0. The van der Waals surface area contributed by atoms with Gasteiger partial charge in [-0.25, -0.2) is 24.1 Å². The number of nitrogen functional groups attached to an aromatic ring is 1. The van der Waals surface area contributed by atoms with Gasteiger partial charge in [-0.2, -0.15) is 8.42 Å². The summed E-state index contributed by atoms with van der Waals surface area (Å²) in [4.78, 5) is 53.8. The van der Waals surface area contributed by atoms with E-state index in [0.29, 0.717) is 0 Å². The molecule has 3 heterocycles. The highest BCUT2D eigenvalue weighted by atomic mass is 32.2. The van der Waals surface area contributed by atoms with Gasteiger partial charge in [0.2, 0.25) is 0 Å². The van der Waals surface area contributed by atoms with Crippen molar-refractivity contribution in [2.75, 3.05) is 5.73 Å². The normalized spacial score (nSPS) is 17.8. The molecule has 2 atom stereocenters. The van der Waals surface area contributed by atoms with E-state index >= 15 is 0 Å². The van der Waals surface area contributed by atoms with Crippen LogP contribution in [0.25, 0.3) is 11.0 Å². The lowest BCUT2D eigenvalue weighted by Crippen LogP contribution is -2.71. The SMILES string of the molecule is C[C@H]1[C@H](NC(=O)/C(=N/OCc2nc3cc(O)c(O)cc3nc2C(=O)O)c2csc(N)n2)C(=O)N1S(=O)(=O)O. The third-order valence-corrected chi connectivity index (χ3v) is 6.93. The predicted molar refractivity (Wildman–Crippen MR) is 127 cm³/mol. The Morgan fingerprint density at radius 3 is 2.37 bits per heavy atom. The van der Waals surface area contributed by atoms with Crippen LogP contribution in [0, 0.1) is 0 Å². The second-order valence-corrected chi connectivity index (χ2v) is 9.92. The van der Waals surface area contributed by atoms with Gasteiger partial charge in [-0.15, -0.1) is 11.3 Å². The number of nitrogens with zero attached hydrogens (tertiary/aromatic N) is 5. The fourth-order valence-electron chi connectivity index (χ4n) is 3.46. The highest BCUT2D eigenvalue weighted by Crippen LogP contribution is 2.29. The first-order valence-electron chi connectivity index (χ1n) is 10.3. The van der Waals surface area contributed by atoms with Gasteiger partial charge in [0.1, 0.15) is 17.4 Å². The lowest BCUT2D eigenvalue weighted by molar-refractivity contribution is -0.143. The number of hydrogen-bond donors (Lipinski definition) is 6. The maximum absolute atomic E-state index is 12.9. The standard InChI is InChI=1S/C19H17N7O10S2/c1-6-13(17(30)26(6)38(33,34)35)24-16(29)14(10-5-37-19(20)23-10)25-36-4-9-15(18(31)32)22-8-3-12(28)11(27)2-7(8)21-9/h2-3,5-6,13,27-28H,4H2,1H3,(H2,20,23)(H,24,29)(H,31,32)(H,33,34,35)/b25-14+/t6-,13-/m0/s1. The molecule has 1 fully saturated rings. The molecule has 2 aromatic heterocycles. The van der Waals surface area contributed by atoms with Crippen molar-refractivity contribution < 1.29 is 47.5 Å². The Hall–Kier alpha value is -4.62. The lowest BCUT2D eigenvalue weighted by atomic mass is 10.0. The first-order chi connectivity index (χ1) is 17.8. The molecule has 2 amide bonds. The van der Waals surface area contributed by atoms with Crippen molar-refractivity contribution >= 4 is 61.3 Å². The predicted octanol–water partition coefficient (Wildman–Crippen LogP) is -0.783. The average molecular weight is 568 g/mol. The number of oxime groups is 1. The van der Waals surface area contributed by atoms with Gasteiger partial charge < -0.3 is 31.2 Å². The van der Waals surface area contributed by atoms with E-state index in [9.17, 15) is 38.1 Å². The Morgan fingerprint density at radius 1 is 1.21 bits per heavy atom. The van der Waals surface area contributed by atoms with Crippen LogP contribution in [0.4, 0.5) is 5.13 Å². The van der Waals surface area contributed by atoms with E-state index in [-0.39, 0.29) is 31.9 Å². The molecule has 38 heavy (non-hydrogen) atoms. The number of carboxylic acid groups (broad SMARTS) is 1. The van der Waals surface area contributed by atoms with Crippen molar-refractivity contribution in [2.45, 2.75) is 25.6 Å². The zero-order chi connectivity index (χ0) is 27.9. The number of benzene rings is 1. The highest BCUT2D eigenvalue weighted by molar-refractivity contribution is 7.84. The minimum atomic E-state index is -4.82. The van der Waals surface area contributed by atoms with E-state index in [1.165, 1.54) is 12.3 Å². The van der Waals surface area contributed by atoms with Crippen molar-refractivity contribution in [1.82, 2.24) is 24.6 Å². The topological polar surface area (TPSA) is 268 Å². The first-order valence-corrected chi connectivity index (χ1v) is 12.5. The number of carboxylic acids is 1. The third-order valence-electron chi connectivity index (χ3n) is 5.24. The van der Waals surface area contributed by atoms with Crippen LogP contribution >= 0.6 is 11.3 Å². The van der Waals surface area contributed by atoms with E-state index < -0.39 is 69.7 Å². The number of aromatic hydroxyl groups is 2. The molecule has 17 nitrogen and oxygen atoms in total. The third kappa shape index (κ3) is 4.96. The average Bonchev–Trinajstić information content (AvgIpc) is 3.25. The summed E-state index contributed by atoms with van der Waals surface area (Å²) >= 11 is 0.952. The number of phenolic OH excluding ortho intramolecular Hbond substituents is 2. The molecule has 1 aromatic carbocycles. The number of β-lactam (4-membered cyclic amide) rings is 1. The van der Waals surface area contributed by atoms with Gasteiger partial charge in [-0.3, -0.25) is 14.1 Å². The van der Waals surface area contributed by atoms with Crippen LogP contribution in [0.5, 0.6) is 11.5 Å². The van der Waals surface area contributed by atoms with Crippen LogP contribution in [0.1, 0.15) is 28.8 Å². The second-order valence-electron chi connectivity index (χ2n) is 7.74. The lowest BCUT2D eigenvalue weighted by Gasteiger charge is -2.42. The minimum absolute atomic E-state index is 0.0267. The molecule has 1 aliphatic heterocycles. The molecule has 1 aliphatic rings. The molecule has 0 saturated carbocycles. The summed E-state index contributed by atoms with van der Waals surface area (Å²) in [5.74, 6) is -4.64. The number of thiazole rings is 1. The summed E-state index contributed by atoms with van der Waals surface area (Å²) in [7, 11) is -4.82. The van der Waals surface area contributed by atoms with E-state index in [0.717, 1.165) is 23.5 Å². The Morgan fingerprint density at radius 2 is 1.84 bits per heavy atom. The molecule has 19 heteroatoms. The number of amides is 2. The van der Waals surface area contributed by atoms with Gasteiger partial charge in [0, 0.05) is 17.5 Å². The number of carbonyl (C=O) groups excluding carboxylic acids is 2.